The average molecular weight is 153 g/mol. The van der Waals surface area contributed by atoms with Crippen molar-refractivity contribution < 1.29 is 0 Å². The van der Waals surface area contributed by atoms with Gasteiger partial charge in [0.15, 0.2) is 0 Å². The van der Waals surface area contributed by atoms with Gasteiger partial charge in [0, 0.05) is 0 Å². The molecule has 11 heavy (non-hydrogen) atoms. The Balaban J connectivity index is 2.09. The SMILES string of the molecule is CC(C)[C@@H]1C2CC[C@@H]1CNC2. The van der Waals surface area contributed by atoms with E-state index in [-0.39, 0.29) is 0 Å². The highest BCUT2D eigenvalue weighted by Gasteiger charge is 2.39. The van der Waals surface area contributed by atoms with E-state index in [1.165, 1.54) is 25.9 Å². The summed E-state index contributed by atoms with van der Waals surface area (Å²) in [6.45, 7) is 7.36. The molecule has 1 heterocycles. The molecule has 1 nitrogen and oxygen atoms in total. The summed E-state index contributed by atoms with van der Waals surface area (Å²) in [5.74, 6) is 3.97. The first-order chi connectivity index (χ1) is 5.29. The first-order valence-corrected chi connectivity index (χ1v) is 4.99. The first-order valence-electron chi connectivity index (χ1n) is 4.99. The predicted octanol–water partition coefficient (Wildman–Crippen LogP) is 1.89. The summed E-state index contributed by atoms with van der Waals surface area (Å²) in [6, 6.07) is 0. The molecule has 0 aromatic heterocycles. The normalized spacial score (nSPS) is 43.4. The number of rotatable bonds is 1. The maximum atomic E-state index is 3.53. The zero-order chi connectivity index (χ0) is 7.84. The van der Waals surface area contributed by atoms with Crippen LogP contribution in [0.25, 0.3) is 0 Å². The van der Waals surface area contributed by atoms with Gasteiger partial charge in [-0.05, 0) is 49.6 Å². The van der Waals surface area contributed by atoms with Crippen molar-refractivity contribution in [3.63, 3.8) is 0 Å². The standard InChI is InChI=1S/C10H19N/c1-7(2)10-8-3-4-9(10)6-11-5-8/h7-11H,3-6H2,1-2H3/t8-,9?,10+/m1/s1. The van der Waals surface area contributed by atoms with Crippen molar-refractivity contribution in [3.05, 3.63) is 0 Å². The number of fused-ring (bicyclic) bond motifs is 2. The summed E-state index contributed by atoms with van der Waals surface area (Å²) in [7, 11) is 0. The molecule has 0 aromatic rings. The number of nitrogens with one attached hydrogen (secondary N) is 1. The van der Waals surface area contributed by atoms with Crippen LogP contribution in [0.2, 0.25) is 0 Å². The second-order valence-electron chi connectivity index (χ2n) is 4.58. The molecule has 1 unspecified atom stereocenters. The third kappa shape index (κ3) is 1.20. The van der Waals surface area contributed by atoms with Gasteiger partial charge in [-0.25, -0.2) is 0 Å². The van der Waals surface area contributed by atoms with Gasteiger partial charge in [0.1, 0.15) is 0 Å². The fourth-order valence-corrected chi connectivity index (χ4v) is 3.22. The van der Waals surface area contributed by atoms with Crippen LogP contribution in [0.4, 0.5) is 0 Å². The summed E-state index contributed by atoms with van der Waals surface area (Å²) in [6.07, 6.45) is 2.97. The molecule has 1 N–H and O–H groups in total. The topological polar surface area (TPSA) is 12.0 Å². The molecule has 1 saturated heterocycles. The molecule has 2 bridgehead atoms. The minimum absolute atomic E-state index is 0.912. The van der Waals surface area contributed by atoms with Gasteiger partial charge in [-0.1, -0.05) is 13.8 Å². The molecule has 64 valence electrons. The van der Waals surface area contributed by atoms with Gasteiger partial charge in [-0.15, -0.1) is 0 Å². The molecule has 1 heteroatoms. The molecule has 0 spiro atoms. The van der Waals surface area contributed by atoms with E-state index in [9.17, 15) is 0 Å². The Morgan fingerprint density at radius 2 is 1.64 bits per heavy atom. The van der Waals surface area contributed by atoms with Crippen molar-refractivity contribution in [2.24, 2.45) is 23.7 Å². The Labute approximate surface area is 69.6 Å². The fourth-order valence-electron chi connectivity index (χ4n) is 3.22. The van der Waals surface area contributed by atoms with Gasteiger partial charge in [0.2, 0.25) is 0 Å². The van der Waals surface area contributed by atoms with Crippen molar-refractivity contribution in [3.8, 4) is 0 Å². The molecule has 3 atom stereocenters. The van der Waals surface area contributed by atoms with Crippen LogP contribution in [0.3, 0.4) is 0 Å². The molecule has 2 aliphatic rings. The summed E-state index contributed by atoms with van der Waals surface area (Å²) >= 11 is 0. The summed E-state index contributed by atoms with van der Waals surface area (Å²) in [4.78, 5) is 0. The molecule has 1 saturated carbocycles. The van der Waals surface area contributed by atoms with Crippen LogP contribution in [0.15, 0.2) is 0 Å². The van der Waals surface area contributed by atoms with Crippen LogP contribution in [0, 0.1) is 23.7 Å². The van der Waals surface area contributed by atoms with Crippen molar-refractivity contribution >= 4 is 0 Å². The van der Waals surface area contributed by atoms with Gasteiger partial charge in [-0.3, -0.25) is 0 Å². The Bertz CT molecular complexity index is 126. The minimum atomic E-state index is 0.912. The molecule has 0 amide bonds. The molecule has 2 rings (SSSR count). The number of piperidine rings is 1. The predicted molar refractivity (Wildman–Crippen MR) is 47.4 cm³/mol. The molecule has 1 aliphatic heterocycles. The average Bonchev–Trinajstić information content (AvgIpc) is 2.23. The van der Waals surface area contributed by atoms with Gasteiger partial charge in [-0.2, -0.15) is 0 Å². The Kier molecular flexibility index (Phi) is 1.92. The summed E-state index contributed by atoms with van der Waals surface area (Å²) in [5.41, 5.74) is 0. The second kappa shape index (κ2) is 2.78. The Hall–Kier alpha value is -0.0400. The van der Waals surface area contributed by atoms with E-state index in [4.69, 9.17) is 0 Å². The van der Waals surface area contributed by atoms with Crippen LogP contribution in [0.5, 0.6) is 0 Å². The summed E-state index contributed by atoms with van der Waals surface area (Å²) in [5, 5.41) is 3.53. The van der Waals surface area contributed by atoms with Crippen LogP contribution in [-0.2, 0) is 0 Å². The minimum Gasteiger partial charge on any atom is -0.316 e. The van der Waals surface area contributed by atoms with Crippen LogP contribution >= 0.6 is 0 Å². The third-order valence-corrected chi connectivity index (χ3v) is 3.58. The van der Waals surface area contributed by atoms with E-state index in [1.807, 2.05) is 0 Å². The van der Waals surface area contributed by atoms with Crippen LogP contribution < -0.4 is 5.32 Å². The smallest absolute Gasteiger partial charge is 0.00175 e. The van der Waals surface area contributed by atoms with Crippen molar-refractivity contribution in [2.45, 2.75) is 26.7 Å². The maximum absolute atomic E-state index is 3.53. The molecule has 0 aromatic carbocycles. The highest BCUT2D eigenvalue weighted by molar-refractivity contribution is 4.92. The first kappa shape index (κ1) is 7.60. The highest BCUT2D eigenvalue weighted by Crippen LogP contribution is 2.42. The maximum Gasteiger partial charge on any atom is -0.00175 e. The lowest BCUT2D eigenvalue weighted by Crippen LogP contribution is -2.40. The molecule has 1 aliphatic carbocycles. The lowest BCUT2D eigenvalue weighted by Gasteiger charge is -2.33. The fraction of sp³-hybridized carbons (Fsp3) is 1.00. The number of hydrogen-bond donors (Lipinski definition) is 1. The molecule has 0 radical (unpaired) electrons. The molecular formula is C10H19N. The van der Waals surface area contributed by atoms with E-state index in [0.29, 0.717) is 0 Å². The van der Waals surface area contributed by atoms with E-state index >= 15 is 0 Å². The van der Waals surface area contributed by atoms with Gasteiger partial charge in [0.25, 0.3) is 0 Å². The third-order valence-electron chi connectivity index (χ3n) is 3.58. The zero-order valence-electron chi connectivity index (χ0n) is 7.64. The van der Waals surface area contributed by atoms with E-state index in [0.717, 1.165) is 23.7 Å². The second-order valence-corrected chi connectivity index (χ2v) is 4.58. The quantitative estimate of drug-likeness (QED) is 0.606. The lowest BCUT2D eigenvalue weighted by molar-refractivity contribution is 0.185. The van der Waals surface area contributed by atoms with Crippen molar-refractivity contribution in [1.29, 1.82) is 0 Å². The van der Waals surface area contributed by atoms with Gasteiger partial charge >= 0.3 is 0 Å². The Morgan fingerprint density at radius 3 is 2.00 bits per heavy atom. The van der Waals surface area contributed by atoms with E-state index in [1.54, 1.807) is 0 Å². The van der Waals surface area contributed by atoms with Gasteiger partial charge in [0.05, 0.1) is 0 Å². The van der Waals surface area contributed by atoms with Crippen LogP contribution in [0.1, 0.15) is 26.7 Å². The molecule has 2 fully saturated rings. The van der Waals surface area contributed by atoms with Crippen LogP contribution in [-0.4, -0.2) is 13.1 Å². The highest BCUT2D eigenvalue weighted by atomic mass is 14.9. The monoisotopic (exact) mass is 153 g/mol. The lowest BCUT2D eigenvalue weighted by atomic mass is 9.78. The number of hydrogen-bond acceptors (Lipinski definition) is 1. The van der Waals surface area contributed by atoms with Crippen molar-refractivity contribution in [1.82, 2.24) is 5.32 Å². The summed E-state index contributed by atoms with van der Waals surface area (Å²) < 4.78 is 0. The van der Waals surface area contributed by atoms with E-state index < -0.39 is 0 Å². The largest absolute Gasteiger partial charge is 0.316 e. The van der Waals surface area contributed by atoms with E-state index in [2.05, 4.69) is 19.2 Å². The van der Waals surface area contributed by atoms with Gasteiger partial charge < -0.3 is 5.32 Å². The Morgan fingerprint density at radius 1 is 1.09 bits per heavy atom. The zero-order valence-corrected chi connectivity index (χ0v) is 7.64. The van der Waals surface area contributed by atoms with Crippen molar-refractivity contribution in [2.75, 3.05) is 13.1 Å². The molecular weight excluding hydrogens is 134 g/mol.